The first-order valence-corrected chi connectivity index (χ1v) is 6.19. The van der Waals surface area contributed by atoms with Crippen LogP contribution in [0.5, 0.6) is 5.88 Å². The molecule has 94 valence electrons. The maximum absolute atomic E-state index is 10.8. The van der Waals surface area contributed by atoms with Gasteiger partial charge in [-0.15, -0.1) is 0 Å². The number of ketones is 1. The summed E-state index contributed by atoms with van der Waals surface area (Å²) in [6.07, 6.45) is 7.86. The summed E-state index contributed by atoms with van der Waals surface area (Å²) in [5.74, 6) is 1.47. The summed E-state index contributed by atoms with van der Waals surface area (Å²) in [7, 11) is 1.60. The smallest absolute Gasteiger partial charge is 0.212 e. The van der Waals surface area contributed by atoms with Crippen LogP contribution in [-0.4, -0.2) is 17.9 Å². The number of pyridine rings is 1. The van der Waals surface area contributed by atoms with Crippen molar-refractivity contribution in [1.29, 1.82) is 0 Å². The van der Waals surface area contributed by atoms with Crippen molar-refractivity contribution >= 4 is 5.78 Å². The van der Waals surface area contributed by atoms with E-state index in [1.54, 1.807) is 26.3 Å². The first-order valence-electron chi connectivity index (χ1n) is 6.19. The second kappa shape index (κ2) is 7.82. The van der Waals surface area contributed by atoms with Gasteiger partial charge in [0.15, 0.2) is 0 Å². The highest BCUT2D eigenvalue weighted by molar-refractivity contribution is 5.78. The predicted molar refractivity (Wildman–Crippen MR) is 68.0 cm³/mol. The van der Waals surface area contributed by atoms with Gasteiger partial charge in [-0.2, -0.15) is 0 Å². The maximum atomic E-state index is 10.8. The Balaban J connectivity index is 0.000000171. The molecule has 1 heterocycles. The SMILES string of the molecule is CC(=O)C1CCCCC1.COc1ccccn1. The molecule has 0 unspecified atom stereocenters. The Morgan fingerprint density at radius 1 is 1.29 bits per heavy atom. The van der Waals surface area contributed by atoms with Gasteiger partial charge in [0, 0.05) is 18.2 Å². The summed E-state index contributed by atoms with van der Waals surface area (Å²) in [4.78, 5) is 14.7. The molecule has 3 heteroatoms. The Hall–Kier alpha value is -1.38. The molecule has 1 aromatic rings. The standard InChI is InChI=1S/C8H14O.C6H7NO/c1-7(9)8-5-3-2-4-6-8;1-8-6-4-2-3-5-7-6/h8H,2-6H2,1H3;2-5H,1H3. The average molecular weight is 235 g/mol. The van der Waals surface area contributed by atoms with E-state index in [1.165, 1.54) is 19.3 Å². The Kier molecular flexibility index (Phi) is 6.30. The molecule has 1 saturated carbocycles. The fraction of sp³-hybridized carbons (Fsp3) is 0.571. The average Bonchev–Trinajstić information content (AvgIpc) is 2.41. The third-order valence-corrected chi connectivity index (χ3v) is 3.03. The molecule has 0 amide bonds. The molecule has 0 saturated heterocycles. The van der Waals surface area contributed by atoms with Crippen LogP contribution < -0.4 is 4.74 Å². The molecule has 0 aliphatic heterocycles. The van der Waals surface area contributed by atoms with Gasteiger partial charge in [-0.3, -0.25) is 4.79 Å². The zero-order valence-corrected chi connectivity index (χ0v) is 10.7. The summed E-state index contributed by atoms with van der Waals surface area (Å²) in [6, 6.07) is 5.54. The number of carbonyl (C=O) groups is 1. The molecule has 0 N–H and O–H groups in total. The second-order valence-corrected chi connectivity index (χ2v) is 4.32. The Bertz CT molecular complexity index is 318. The largest absolute Gasteiger partial charge is 0.481 e. The van der Waals surface area contributed by atoms with E-state index in [1.807, 2.05) is 12.1 Å². The third-order valence-electron chi connectivity index (χ3n) is 3.03. The molecule has 1 aliphatic carbocycles. The molecular formula is C14H21NO2. The fourth-order valence-corrected chi connectivity index (χ4v) is 1.98. The van der Waals surface area contributed by atoms with E-state index < -0.39 is 0 Å². The maximum Gasteiger partial charge on any atom is 0.212 e. The van der Waals surface area contributed by atoms with Crippen molar-refractivity contribution in [1.82, 2.24) is 4.98 Å². The van der Waals surface area contributed by atoms with E-state index >= 15 is 0 Å². The summed E-state index contributed by atoms with van der Waals surface area (Å²) in [6.45, 7) is 1.72. The van der Waals surface area contributed by atoms with Gasteiger partial charge in [0.2, 0.25) is 5.88 Å². The molecular weight excluding hydrogens is 214 g/mol. The number of Topliss-reactive ketones (excluding diaryl/α,β-unsaturated/α-hetero) is 1. The van der Waals surface area contributed by atoms with Crippen molar-refractivity contribution in [2.24, 2.45) is 5.92 Å². The number of carbonyl (C=O) groups excluding carboxylic acids is 1. The van der Waals surface area contributed by atoms with Crippen LogP contribution in [0.2, 0.25) is 0 Å². The Labute approximate surface area is 103 Å². The van der Waals surface area contributed by atoms with E-state index in [0.29, 0.717) is 17.6 Å². The van der Waals surface area contributed by atoms with Crippen LogP contribution in [0.4, 0.5) is 0 Å². The molecule has 0 spiro atoms. The molecule has 0 aromatic carbocycles. The minimum absolute atomic E-state index is 0.398. The van der Waals surface area contributed by atoms with Gasteiger partial charge in [0.05, 0.1) is 7.11 Å². The van der Waals surface area contributed by atoms with Gasteiger partial charge < -0.3 is 4.74 Å². The molecule has 1 fully saturated rings. The number of rotatable bonds is 2. The first-order chi connectivity index (χ1) is 8.24. The number of aromatic nitrogens is 1. The van der Waals surface area contributed by atoms with Gasteiger partial charge >= 0.3 is 0 Å². The van der Waals surface area contributed by atoms with Crippen LogP contribution in [0.15, 0.2) is 24.4 Å². The second-order valence-electron chi connectivity index (χ2n) is 4.32. The minimum Gasteiger partial charge on any atom is -0.481 e. The van der Waals surface area contributed by atoms with E-state index in [4.69, 9.17) is 4.74 Å². The number of ether oxygens (including phenoxy) is 1. The highest BCUT2D eigenvalue weighted by Crippen LogP contribution is 2.23. The van der Waals surface area contributed by atoms with Gasteiger partial charge in [0.1, 0.15) is 5.78 Å². The third kappa shape index (κ3) is 5.48. The van der Waals surface area contributed by atoms with Crippen LogP contribution in [0, 0.1) is 5.92 Å². The lowest BCUT2D eigenvalue weighted by Crippen LogP contribution is -2.13. The van der Waals surface area contributed by atoms with Crippen molar-refractivity contribution in [3.63, 3.8) is 0 Å². The van der Waals surface area contributed by atoms with Crippen molar-refractivity contribution in [2.75, 3.05) is 7.11 Å². The topological polar surface area (TPSA) is 39.2 Å². The molecule has 3 nitrogen and oxygen atoms in total. The zero-order chi connectivity index (χ0) is 12.5. The minimum atomic E-state index is 0.398. The molecule has 1 aromatic heterocycles. The first kappa shape index (κ1) is 13.7. The van der Waals surface area contributed by atoms with Gasteiger partial charge in [0.25, 0.3) is 0 Å². The van der Waals surface area contributed by atoms with Crippen molar-refractivity contribution in [3.05, 3.63) is 24.4 Å². The number of nitrogens with zero attached hydrogens (tertiary/aromatic N) is 1. The predicted octanol–water partition coefficient (Wildman–Crippen LogP) is 3.25. The summed E-state index contributed by atoms with van der Waals surface area (Å²) < 4.78 is 4.80. The molecule has 0 radical (unpaired) electrons. The number of hydrogen-bond acceptors (Lipinski definition) is 3. The lowest BCUT2D eigenvalue weighted by molar-refractivity contribution is -0.121. The Morgan fingerprint density at radius 2 is 2.00 bits per heavy atom. The van der Waals surface area contributed by atoms with Gasteiger partial charge in [-0.05, 0) is 25.8 Å². The molecule has 1 aliphatic rings. The van der Waals surface area contributed by atoms with Gasteiger partial charge in [-0.1, -0.05) is 25.3 Å². The van der Waals surface area contributed by atoms with Crippen LogP contribution >= 0.6 is 0 Å². The summed E-state index contributed by atoms with van der Waals surface area (Å²) in [5, 5.41) is 0. The molecule has 0 atom stereocenters. The van der Waals surface area contributed by atoms with E-state index in [2.05, 4.69) is 4.98 Å². The summed E-state index contributed by atoms with van der Waals surface area (Å²) in [5.41, 5.74) is 0. The van der Waals surface area contributed by atoms with Crippen LogP contribution in [0.25, 0.3) is 0 Å². The fourth-order valence-electron chi connectivity index (χ4n) is 1.98. The van der Waals surface area contributed by atoms with Crippen molar-refractivity contribution in [2.45, 2.75) is 39.0 Å². The van der Waals surface area contributed by atoms with E-state index in [0.717, 1.165) is 12.8 Å². The Morgan fingerprint density at radius 3 is 2.35 bits per heavy atom. The number of hydrogen-bond donors (Lipinski definition) is 0. The zero-order valence-electron chi connectivity index (χ0n) is 10.7. The summed E-state index contributed by atoms with van der Waals surface area (Å²) >= 11 is 0. The van der Waals surface area contributed by atoms with Crippen LogP contribution in [0.1, 0.15) is 39.0 Å². The van der Waals surface area contributed by atoms with E-state index in [9.17, 15) is 4.79 Å². The van der Waals surface area contributed by atoms with Crippen LogP contribution in [0.3, 0.4) is 0 Å². The quantitative estimate of drug-likeness (QED) is 0.790. The van der Waals surface area contributed by atoms with E-state index in [-0.39, 0.29) is 0 Å². The molecule has 17 heavy (non-hydrogen) atoms. The lowest BCUT2D eigenvalue weighted by Gasteiger charge is -2.17. The normalized spacial score (nSPS) is 15.6. The monoisotopic (exact) mass is 235 g/mol. The highest BCUT2D eigenvalue weighted by Gasteiger charge is 2.16. The molecule has 2 rings (SSSR count). The molecule has 0 bridgehead atoms. The van der Waals surface area contributed by atoms with Crippen molar-refractivity contribution < 1.29 is 9.53 Å². The highest BCUT2D eigenvalue weighted by atomic mass is 16.5. The number of methoxy groups -OCH3 is 1. The van der Waals surface area contributed by atoms with Gasteiger partial charge in [-0.25, -0.2) is 4.98 Å². The lowest BCUT2D eigenvalue weighted by atomic mass is 9.87. The van der Waals surface area contributed by atoms with Crippen molar-refractivity contribution in [3.8, 4) is 5.88 Å². The van der Waals surface area contributed by atoms with Crippen LogP contribution in [-0.2, 0) is 4.79 Å².